The van der Waals surface area contributed by atoms with E-state index < -0.39 is 0 Å². The Balaban J connectivity index is 2.08. The predicted molar refractivity (Wildman–Crippen MR) is 66.7 cm³/mol. The number of likely N-dealkylation sites (tertiary alicyclic amines) is 1. The zero-order chi connectivity index (χ0) is 13.3. The van der Waals surface area contributed by atoms with Gasteiger partial charge in [0, 0.05) is 13.1 Å². The van der Waals surface area contributed by atoms with E-state index in [1.165, 1.54) is 7.11 Å². The van der Waals surface area contributed by atoms with Crippen LogP contribution in [-0.4, -0.2) is 30.6 Å². The molecule has 1 atom stereocenters. The first-order valence-electron chi connectivity index (χ1n) is 6.10. The summed E-state index contributed by atoms with van der Waals surface area (Å²) < 4.78 is 18.3. The number of carbonyl (C=O) groups excluding carboxylic acids is 1. The Morgan fingerprint density at radius 3 is 2.50 bits per heavy atom. The summed E-state index contributed by atoms with van der Waals surface area (Å²) >= 11 is 0. The van der Waals surface area contributed by atoms with Crippen LogP contribution in [0.2, 0.25) is 0 Å². The number of hydrogen-bond donors (Lipinski definition) is 0. The lowest BCUT2D eigenvalue weighted by Gasteiger charge is -2.38. The Morgan fingerprint density at radius 1 is 1.44 bits per heavy atom. The minimum atomic E-state index is -0.184. The maximum absolute atomic E-state index is 13.5. The molecule has 1 aliphatic rings. The van der Waals surface area contributed by atoms with Gasteiger partial charge in [-0.2, -0.15) is 0 Å². The topological polar surface area (TPSA) is 29.5 Å². The molecule has 0 N–H and O–H groups in total. The fourth-order valence-corrected chi connectivity index (χ4v) is 2.39. The third-order valence-corrected chi connectivity index (χ3v) is 3.49. The van der Waals surface area contributed by atoms with Crippen molar-refractivity contribution >= 4 is 5.97 Å². The monoisotopic (exact) mass is 251 g/mol. The first-order chi connectivity index (χ1) is 8.52. The number of methoxy groups -OCH3 is 1. The van der Waals surface area contributed by atoms with Gasteiger partial charge >= 0.3 is 5.97 Å². The molecule has 0 aromatic heterocycles. The molecular weight excluding hydrogens is 233 g/mol. The fraction of sp³-hybridized carbons (Fsp3) is 0.500. The van der Waals surface area contributed by atoms with E-state index in [9.17, 15) is 9.18 Å². The highest BCUT2D eigenvalue weighted by atomic mass is 19.1. The summed E-state index contributed by atoms with van der Waals surface area (Å²) in [6, 6.07) is 3.55. The summed E-state index contributed by atoms with van der Waals surface area (Å²) in [5.74, 6) is -0.330. The van der Waals surface area contributed by atoms with Crippen molar-refractivity contribution in [2.75, 3.05) is 13.7 Å². The van der Waals surface area contributed by atoms with Crippen molar-refractivity contribution in [1.29, 1.82) is 0 Å². The zero-order valence-corrected chi connectivity index (χ0v) is 11.0. The van der Waals surface area contributed by atoms with Crippen LogP contribution >= 0.6 is 0 Å². The molecule has 0 bridgehead atoms. The summed E-state index contributed by atoms with van der Waals surface area (Å²) in [6.07, 6.45) is 0.839. The van der Waals surface area contributed by atoms with Crippen LogP contribution in [0.5, 0.6) is 0 Å². The average molecular weight is 251 g/mol. The van der Waals surface area contributed by atoms with Gasteiger partial charge in [-0.3, -0.25) is 9.69 Å². The first-order valence-corrected chi connectivity index (χ1v) is 6.10. The van der Waals surface area contributed by atoms with Gasteiger partial charge in [-0.1, -0.05) is 12.1 Å². The lowest BCUT2D eigenvalue weighted by atomic mass is 10.00. The highest BCUT2D eigenvalue weighted by Crippen LogP contribution is 2.23. The number of ether oxygens (including phenoxy) is 1. The van der Waals surface area contributed by atoms with Gasteiger partial charge in [0.2, 0.25) is 0 Å². The van der Waals surface area contributed by atoms with Crippen molar-refractivity contribution in [1.82, 2.24) is 4.90 Å². The maximum Gasteiger partial charge on any atom is 0.323 e. The lowest BCUT2D eigenvalue weighted by Crippen LogP contribution is -2.52. The molecule has 0 spiro atoms. The molecule has 1 saturated heterocycles. The van der Waals surface area contributed by atoms with Gasteiger partial charge in [-0.15, -0.1) is 0 Å². The molecular formula is C14H18FNO2. The second-order valence-electron chi connectivity index (χ2n) is 4.84. The number of rotatable bonds is 3. The van der Waals surface area contributed by atoms with Gasteiger partial charge in [0.1, 0.15) is 11.9 Å². The van der Waals surface area contributed by atoms with Crippen molar-refractivity contribution in [2.45, 2.75) is 32.9 Å². The van der Waals surface area contributed by atoms with Crippen LogP contribution < -0.4 is 0 Å². The van der Waals surface area contributed by atoms with Gasteiger partial charge in [0.05, 0.1) is 7.11 Å². The zero-order valence-electron chi connectivity index (χ0n) is 11.0. The first kappa shape index (κ1) is 13.0. The molecule has 1 aliphatic heterocycles. The van der Waals surface area contributed by atoms with Crippen LogP contribution in [0.1, 0.15) is 23.1 Å². The Bertz CT molecular complexity index is 450. The Kier molecular flexibility index (Phi) is 3.66. The molecule has 18 heavy (non-hydrogen) atoms. The molecule has 4 heteroatoms. The molecule has 1 fully saturated rings. The van der Waals surface area contributed by atoms with Crippen molar-refractivity contribution in [3.8, 4) is 0 Å². The standard InChI is InChI=1S/C14H18FNO2/c1-9-6-11(7-10(2)13(9)15)8-16-5-4-12(16)14(17)18-3/h6-7,12H,4-5,8H2,1-3H3. The van der Waals surface area contributed by atoms with Gasteiger partial charge < -0.3 is 4.74 Å². The maximum atomic E-state index is 13.5. The molecule has 0 amide bonds. The van der Waals surface area contributed by atoms with E-state index in [0.717, 1.165) is 18.5 Å². The van der Waals surface area contributed by atoms with Crippen LogP contribution in [0.4, 0.5) is 4.39 Å². The minimum absolute atomic E-state index is 0.138. The second kappa shape index (κ2) is 5.06. The van der Waals surface area contributed by atoms with Crippen molar-refractivity contribution in [3.63, 3.8) is 0 Å². The molecule has 0 aliphatic carbocycles. The summed E-state index contributed by atoms with van der Waals surface area (Å²) in [5, 5.41) is 0. The molecule has 0 radical (unpaired) electrons. The van der Waals surface area contributed by atoms with E-state index in [0.29, 0.717) is 17.7 Å². The Labute approximate surface area is 107 Å². The highest BCUT2D eigenvalue weighted by Gasteiger charge is 2.34. The van der Waals surface area contributed by atoms with Gasteiger partial charge in [0.15, 0.2) is 0 Å². The largest absolute Gasteiger partial charge is 0.468 e. The summed E-state index contributed by atoms with van der Waals surface area (Å²) in [4.78, 5) is 13.5. The number of halogens is 1. The summed E-state index contributed by atoms with van der Waals surface area (Å²) in [6.45, 7) is 5.08. The second-order valence-corrected chi connectivity index (χ2v) is 4.84. The number of carbonyl (C=O) groups is 1. The molecule has 1 aromatic rings. The predicted octanol–water partition coefficient (Wildman–Crippen LogP) is 2.19. The van der Waals surface area contributed by atoms with Crippen molar-refractivity contribution in [3.05, 3.63) is 34.6 Å². The third-order valence-electron chi connectivity index (χ3n) is 3.49. The van der Waals surface area contributed by atoms with Crippen LogP contribution in [0.15, 0.2) is 12.1 Å². The number of esters is 1. The normalized spacial score (nSPS) is 19.4. The highest BCUT2D eigenvalue weighted by molar-refractivity contribution is 5.76. The minimum Gasteiger partial charge on any atom is -0.468 e. The van der Waals surface area contributed by atoms with E-state index in [4.69, 9.17) is 4.74 Å². The van der Waals surface area contributed by atoms with E-state index in [1.807, 2.05) is 12.1 Å². The van der Waals surface area contributed by atoms with Gasteiger partial charge in [-0.25, -0.2) is 4.39 Å². The Hall–Kier alpha value is -1.42. The van der Waals surface area contributed by atoms with Gasteiger partial charge in [-0.05, 0) is 37.0 Å². The number of nitrogens with zero attached hydrogens (tertiary/aromatic N) is 1. The molecule has 1 heterocycles. The van der Waals surface area contributed by atoms with Gasteiger partial charge in [0.25, 0.3) is 0 Å². The number of hydrogen-bond acceptors (Lipinski definition) is 3. The average Bonchev–Trinajstić information content (AvgIpc) is 2.31. The van der Waals surface area contributed by atoms with Crippen LogP contribution in [0.25, 0.3) is 0 Å². The van der Waals surface area contributed by atoms with Crippen LogP contribution in [0.3, 0.4) is 0 Å². The third kappa shape index (κ3) is 2.38. The quantitative estimate of drug-likeness (QED) is 0.771. The fourth-order valence-electron chi connectivity index (χ4n) is 2.39. The van der Waals surface area contributed by atoms with Crippen molar-refractivity contribution < 1.29 is 13.9 Å². The van der Waals surface area contributed by atoms with Crippen LogP contribution in [0, 0.1) is 19.7 Å². The summed E-state index contributed by atoms with van der Waals surface area (Å²) in [5.41, 5.74) is 2.35. The molecule has 3 nitrogen and oxygen atoms in total. The summed E-state index contributed by atoms with van der Waals surface area (Å²) in [7, 11) is 1.41. The smallest absolute Gasteiger partial charge is 0.323 e. The molecule has 1 aromatic carbocycles. The molecule has 98 valence electrons. The van der Waals surface area contributed by atoms with Crippen LogP contribution in [-0.2, 0) is 16.1 Å². The lowest BCUT2D eigenvalue weighted by molar-refractivity contribution is -0.152. The number of benzene rings is 1. The molecule has 0 saturated carbocycles. The number of aryl methyl sites for hydroxylation is 2. The Morgan fingerprint density at radius 2 is 2.06 bits per heavy atom. The SMILES string of the molecule is COC(=O)C1CCN1Cc1cc(C)c(F)c(C)c1. The van der Waals surface area contributed by atoms with E-state index in [-0.39, 0.29) is 17.8 Å². The van der Waals surface area contributed by atoms with Crippen molar-refractivity contribution in [2.24, 2.45) is 0 Å². The molecule has 1 unspecified atom stereocenters. The van der Waals surface area contributed by atoms with E-state index in [2.05, 4.69) is 4.90 Å². The van der Waals surface area contributed by atoms with E-state index in [1.54, 1.807) is 13.8 Å². The van der Waals surface area contributed by atoms with E-state index >= 15 is 0 Å². The molecule has 2 rings (SSSR count).